The van der Waals surface area contributed by atoms with Crippen molar-refractivity contribution in [3.05, 3.63) is 11.8 Å². The highest BCUT2D eigenvalue weighted by Crippen LogP contribution is 2.19. The maximum atomic E-state index is 11.7. The molecule has 92 valence electrons. The summed E-state index contributed by atoms with van der Waals surface area (Å²) in [6, 6.07) is 0. The summed E-state index contributed by atoms with van der Waals surface area (Å²) >= 11 is 0. The van der Waals surface area contributed by atoms with Crippen LogP contribution < -0.4 is 0 Å². The highest BCUT2D eigenvalue weighted by molar-refractivity contribution is 5.86. The van der Waals surface area contributed by atoms with Gasteiger partial charge in [0, 0.05) is 6.42 Å². The lowest BCUT2D eigenvalue weighted by Gasteiger charge is -2.21. The summed E-state index contributed by atoms with van der Waals surface area (Å²) in [6.45, 7) is 7.91. The van der Waals surface area contributed by atoms with Crippen LogP contribution in [0.25, 0.3) is 0 Å². The molecule has 4 nitrogen and oxygen atoms in total. The highest BCUT2D eigenvalue weighted by Gasteiger charge is 2.25. The van der Waals surface area contributed by atoms with Gasteiger partial charge in [-0.15, -0.1) is 0 Å². The Bertz CT molecular complexity index is 269. The SMILES string of the molecule is C/C=C(/O[C@@H]1CCCO1)C(=O)OC(C)(C)C. The number of esters is 1. The van der Waals surface area contributed by atoms with Gasteiger partial charge in [-0.25, -0.2) is 4.79 Å². The summed E-state index contributed by atoms with van der Waals surface area (Å²) in [5, 5.41) is 0. The summed E-state index contributed by atoms with van der Waals surface area (Å²) in [5.41, 5.74) is -0.509. The zero-order valence-electron chi connectivity index (χ0n) is 10.4. The van der Waals surface area contributed by atoms with Crippen LogP contribution in [-0.4, -0.2) is 24.5 Å². The third-order valence-electron chi connectivity index (χ3n) is 2.01. The minimum atomic E-state index is -0.509. The average molecular weight is 228 g/mol. The third-order valence-corrected chi connectivity index (χ3v) is 2.01. The number of hydrogen-bond donors (Lipinski definition) is 0. The molecule has 1 aliphatic rings. The standard InChI is InChI=1S/C12H20O4/c1-5-9(11(13)16-12(2,3)4)15-10-7-6-8-14-10/h5,10H,6-8H2,1-4H3/b9-5+/t10-/m1/s1. The van der Waals surface area contributed by atoms with E-state index in [9.17, 15) is 4.79 Å². The number of ether oxygens (including phenoxy) is 3. The van der Waals surface area contributed by atoms with Gasteiger partial charge >= 0.3 is 5.97 Å². The van der Waals surface area contributed by atoms with Crippen molar-refractivity contribution >= 4 is 5.97 Å². The van der Waals surface area contributed by atoms with E-state index in [2.05, 4.69) is 0 Å². The van der Waals surface area contributed by atoms with E-state index in [0.29, 0.717) is 6.61 Å². The molecule has 1 saturated heterocycles. The molecule has 1 aliphatic heterocycles. The highest BCUT2D eigenvalue weighted by atomic mass is 16.7. The van der Waals surface area contributed by atoms with E-state index in [1.807, 2.05) is 20.8 Å². The van der Waals surface area contributed by atoms with Gasteiger partial charge in [0.25, 0.3) is 0 Å². The molecule has 0 aromatic carbocycles. The van der Waals surface area contributed by atoms with Crippen LogP contribution in [0, 0.1) is 0 Å². The zero-order chi connectivity index (χ0) is 12.2. The van der Waals surface area contributed by atoms with Crippen molar-refractivity contribution in [3.8, 4) is 0 Å². The molecule has 0 unspecified atom stereocenters. The fourth-order valence-corrected chi connectivity index (χ4v) is 1.35. The lowest BCUT2D eigenvalue weighted by molar-refractivity contribution is -0.161. The molecule has 0 N–H and O–H groups in total. The number of allylic oxidation sites excluding steroid dienone is 1. The molecule has 1 rings (SSSR count). The van der Waals surface area contributed by atoms with Crippen LogP contribution in [0.3, 0.4) is 0 Å². The Hall–Kier alpha value is -1.03. The number of rotatable bonds is 3. The van der Waals surface area contributed by atoms with E-state index in [1.165, 1.54) is 0 Å². The Morgan fingerprint density at radius 2 is 2.12 bits per heavy atom. The van der Waals surface area contributed by atoms with Crippen molar-refractivity contribution in [3.63, 3.8) is 0 Å². The van der Waals surface area contributed by atoms with Crippen LogP contribution in [0.4, 0.5) is 0 Å². The van der Waals surface area contributed by atoms with Crippen molar-refractivity contribution in [2.24, 2.45) is 0 Å². The first-order valence-corrected chi connectivity index (χ1v) is 5.60. The fourth-order valence-electron chi connectivity index (χ4n) is 1.35. The molecule has 16 heavy (non-hydrogen) atoms. The molecule has 0 aromatic rings. The largest absolute Gasteiger partial charge is 0.458 e. The van der Waals surface area contributed by atoms with Gasteiger partial charge in [-0.1, -0.05) is 0 Å². The summed E-state index contributed by atoms with van der Waals surface area (Å²) in [4.78, 5) is 11.7. The van der Waals surface area contributed by atoms with Gasteiger partial charge in [-0.3, -0.25) is 0 Å². The van der Waals surface area contributed by atoms with Gasteiger partial charge in [-0.2, -0.15) is 0 Å². The lowest BCUT2D eigenvalue weighted by Crippen LogP contribution is -2.27. The van der Waals surface area contributed by atoms with Crippen molar-refractivity contribution in [1.82, 2.24) is 0 Å². The first-order chi connectivity index (χ1) is 7.42. The molecule has 0 saturated carbocycles. The zero-order valence-corrected chi connectivity index (χ0v) is 10.4. The number of carbonyl (C=O) groups excluding carboxylic acids is 1. The van der Waals surface area contributed by atoms with Crippen LogP contribution in [0.1, 0.15) is 40.5 Å². The molecule has 0 bridgehead atoms. The fraction of sp³-hybridized carbons (Fsp3) is 0.750. The lowest BCUT2D eigenvalue weighted by atomic mass is 10.2. The van der Waals surface area contributed by atoms with E-state index >= 15 is 0 Å². The first-order valence-electron chi connectivity index (χ1n) is 5.60. The summed E-state index contributed by atoms with van der Waals surface area (Å²) in [6.07, 6.45) is 3.09. The minimum Gasteiger partial charge on any atom is -0.458 e. The van der Waals surface area contributed by atoms with E-state index in [-0.39, 0.29) is 12.0 Å². The summed E-state index contributed by atoms with van der Waals surface area (Å²) in [7, 11) is 0. The van der Waals surface area contributed by atoms with E-state index in [0.717, 1.165) is 12.8 Å². The molecular weight excluding hydrogens is 208 g/mol. The summed E-state index contributed by atoms with van der Waals surface area (Å²) in [5.74, 6) is -0.215. The maximum Gasteiger partial charge on any atom is 0.373 e. The third kappa shape index (κ3) is 4.23. The smallest absolute Gasteiger partial charge is 0.373 e. The van der Waals surface area contributed by atoms with Gasteiger partial charge in [-0.05, 0) is 40.2 Å². The minimum absolute atomic E-state index is 0.224. The second-order valence-corrected chi connectivity index (χ2v) is 4.72. The van der Waals surface area contributed by atoms with Crippen molar-refractivity contribution in [2.45, 2.75) is 52.4 Å². The van der Waals surface area contributed by atoms with Crippen LogP contribution in [-0.2, 0) is 19.0 Å². The van der Waals surface area contributed by atoms with Crippen molar-refractivity contribution < 1.29 is 19.0 Å². The Labute approximate surface area is 96.6 Å². The monoisotopic (exact) mass is 228 g/mol. The second-order valence-electron chi connectivity index (χ2n) is 4.72. The first kappa shape index (κ1) is 13.0. The molecule has 1 heterocycles. The Kier molecular flexibility index (Phi) is 4.35. The predicted octanol–water partition coefficient (Wildman–Crippen LogP) is 2.39. The topological polar surface area (TPSA) is 44.8 Å². The van der Waals surface area contributed by atoms with Crippen LogP contribution in [0.2, 0.25) is 0 Å². The maximum absolute atomic E-state index is 11.7. The average Bonchev–Trinajstić information content (AvgIpc) is 2.63. The van der Waals surface area contributed by atoms with Gasteiger partial charge in [0.05, 0.1) is 6.61 Å². The van der Waals surface area contributed by atoms with Crippen molar-refractivity contribution in [1.29, 1.82) is 0 Å². The van der Waals surface area contributed by atoms with E-state index in [4.69, 9.17) is 14.2 Å². The summed E-state index contributed by atoms with van der Waals surface area (Å²) < 4.78 is 15.9. The van der Waals surface area contributed by atoms with Crippen LogP contribution in [0.5, 0.6) is 0 Å². The molecular formula is C12H20O4. The Morgan fingerprint density at radius 1 is 1.44 bits per heavy atom. The molecule has 0 spiro atoms. The Morgan fingerprint density at radius 3 is 2.56 bits per heavy atom. The predicted molar refractivity (Wildman–Crippen MR) is 59.7 cm³/mol. The molecule has 1 atom stereocenters. The van der Waals surface area contributed by atoms with Gasteiger partial charge in [0.15, 0.2) is 6.29 Å². The molecule has 0 aliphatic carbocycles. The quantitative estimate of drug-likeness (QED) is 0.422. The molecule has 0 aromatic heterocycles. The van der Waals surface area contributed by atoms with Crippen molar-refractivity contribution in [2.75, 3.05) is 6.61 Å². The van der Waals surface area contributed by atoms with Gasteiger partial charge in [0.1, 0.15) is 5.60 Å². The second kappa shape index (κ2) is 5.34. The van der Waals surface area contributed by atoms with Gasteiger partial charge in [0.2, 0.25) is 5.76 Å². The normalized spacial score (nSPS) is 22.0. The molecule has 0 amide bonds. The van der Waals surface area contributed by atoms with Gasteiger partial charge < -0.3 is 14.2 Å². The van der Waals surface area contributed by atoms with Crippen LogP contribution >= 0.6 is 0 Å². The number of hydrogen-bond acceptors (Lipinski definition) is 4. The molecule has 4 heteroatoms. The van der Waals surface area contributed by atoms with Crippen LogP contribution in [0.15, 0.2) is 11.8 Å². The molecule has 0 radical (unpaired) electrons. The number of carbonyl (C=O) groups is 1. The Balaban J connectivity index is 2.50. The van der Waals surface area contributed by atoms with E-state index < -0.39 is 11.6 Å². The van der Waals surface area contributed by atoms with E-state index in [1.54, 1.807) is 13.0 Å². The molecule has 1 fully saturated rings.